The fourth-order valence-corrected chi connectivity index (χ4v) is 3.90. The molecule has 1 aliphatic rings. The van der Waals surface area contributed by atoms with E-state index in [1.165, 1.54) is 11.1 Å². The summed E-state index contributed by atoms with van der Waals surface area (Å²) in [6, 6.07) is 9.38. The molecule has 2 unspecified atom stereocenters. The lowest BCUT2D eigenvalue weighted by Crippen LogP contribution is -2.47. The van der Waals surface area contributed by atoms with E-state index in [2.05, 4.69) is 77.8 Å². The van der Waals surface area contributed by atoms with E-state index in [1.807, 2.05) is 4.68 Å². The monoisotopic (exact) mass is 427 g/mol. The molecule has 170 valence electrons. The Kier molecular flexibility index (Phi) is 8.43. The zero-order chi connectivity index (χ0) is 22.2. The molecule has 0 spiro atoms. The summed E-state index contributed by atoms with van der Waals surface area (Å²) in [6.45, 7) is 7.02. The molecule has 2 N–H and O–H groups in total. The number of aromatic nitrogens is 3. The molecule has 0 bridgehead atoms. The number of benzene rings is 1. The zero-order valence-corrected chi connectivity index (χ0v) is 19.6. The number of hydrogen-bond donors (Lipinski definition) is 2. The molecule has 3 rings (SSSR count). The second-order valence-corrected chi connectivity index (χ2v) is 8.23. The third kappa shape index (κ3) is 6.27. The van der Waals surface area contributed by atoms with Crippen LogP contribution in [0.25, 0.3) is 0 Å². The Bertz CT molecular complexity index is 844. The van der Waals surface area contributed by atoms with Crippen molar-refractivity contribution in [2.45, 2.75) is 58.3 Å². The Morgan fingerprint density at radius 3 is 2.71 bits per heavy atom. The van der Waals surface area contributed by atoms with Crippen LogP contribution in [0, 0.1) is 0 Å². The Morgan fingerprint density at radius 2 is 2.06 bits per heavy atom. The van der Waals surface area contributed by atoms with Crippen LogP contribution in [-0.4, -0.2) is 66.0 Å². The van der Waals surface area contributed by atoms with E-state index in [1.54, 1.807) is 7.11 Å². The molecule has 0 radical (unpaired) electrons. The summed E-state index contributed by atoms with van der Waals surface area (Å²) in [5.74, 6) is 2.64. The topological polar surface area (TPSA) is 79.6 Å². The summed E-state index contributed by atoms with van der Waals surface area (Å²) < 4.78 is 7.16. The molecular formula is C23H37N7O. The first-order valence-corrected chi connectivity index (χ1v) is 11.3. The van der Waals surface area contributed by atoms with E-state index < -0.39 is 0 Å². The fourth-order valence-electron chi connectivity index (χ4n) is 3.90. The molecule has 2 heterocycles. The highest BCUT2D eigenvalue weighted by atomic mass is 16.5. The lowest BCUT2D eigenvalue weighted by Gasteiger charge is -2.27. The van der Waals surface area contributed by atoms with Gasteiger partial charge in [-0.25, -0.2) is 9.67 Å². The predicted octanol–water partition coefficient (Wildman–Crippen LogP) is 2.16. The summed E-state index contributed by atoms with van der Waals surface area (Å²) in [4.78, 5) is 11.7. The quantitative estimate of drug-likeness (QED) is 0.472. The number of likely N-dealkylation sites (N-methyl/N-ethyl adjacent to an activating group) is 1. The smallest absolute Gasteiger partial charge is 0.191 e. The van der Waals surface area contributed by atoms with Gasteiger partial charge in [0, 0.05) is 26.1 Å². The minimum absolute atomic E-state index is 0.228. The summed E-state index contributed by atoms with van der Waals surface area (Å²) >= 11 is 0. The van der Waals surface area contributed by atoms with Crippen molar-refractivity contribution in [2.24, 2.45) is 4.99 Å². The number of nitrogens with one attached hydrogen (secondary N) is 2. The van der Waals surface area contributed by atoms with Gasteiger partial charge in [-0.3, -0.25) is 4.99 Å². The minimum atomic E-state index is 0.228. The van der Waals surface area contributed by atoms with Crippen molar-refractivity contribution in [1.29, 1.82) is 0 Å². The molecule has 0 aliphatic carbocycles. The molecule has 2 atom stereocenters. The predicted molar refractivity (Wildman–Crippen MR) is 124 cm³/mol. The van der Waals surface area contributed by atoms with Crippen LogP contribution in [0.5, 0.6) is 0 Å². The number of aliphatic imine (C=N–C) groups is 1. The number of methoxy groups -OCH3 is 1. The maximum atomic E-state index is 5.16. The van der Waals surface area contributed by atoms with E-state index >= 15 is 0 Å². The lowest BCUT2D eigenvalue weighted by molar-refractivity contribution is 0.177. The molecule has 31 heavy (non-hydrogen) atoms. The number of fused-ring (bicyclic) bond motifs is 1. The van der Waals surface area contributed by atoms with Gasteiger partial charge in [0.1, 0.15) is 12.4 Å². The Hall–Kier alpha value is -2.45. The summed E-state index contributed by atoms with van der Waals surface area (Å²) in [7, 11) is 5.89. The number of nitrogens with zero attached hydrogens (tertiary/aromatic N) is 5. The van der Waals surface area contributed by atoms with Crippen molar-refractivity contribution in [2.75, 3.05) is 34.3 Å². The van der Waals surface area contributed by atoms with Crippen LogP contribution < -0.4 is 10.6 Å². The van der Waals surface area contributed by atoms with Gasteiger partial charge in [0.25, 0.3) is 0 Å². The molecule has 0 amide bonds. The van der Waals surface area contributed by atoms with Crippen LogP contribution >= 0.6 is 0 Å². The minimum Gasteiger partial charge on any atom is -0.377 e. The van der Waals surface area contributed by atoms with Gasteiger partial charge >= 0.3 is 0 Å². The molecule has 0 saturated carbocycles. The second kappa shape index (κ2) is 11.2. The van der Waals surface area contributed by atoms with Crippen molar-refractivity contribution in [1.82, 2.24) is 30.3 Å². The average Bonchev–Trinajstić information content (AvgIpc) is 3.16. The highest BCUT2D eigenvalue weighted by Crippen LogP contribution is 2.20. The molecule has 2 aromatic rings. The maximum Gasteiger partial charge on any atom is 0.191 e. The fraction of sp³-hybridized carbons (Fsp3) is 0.609. The number of aryl methyl sites for hydroxylation is 2. The highest BCUT2D eigenvalue weighted by Gasteiger charge is 2.23. The Balaban J connectivity index is 1.66. The third-order valence-corrected chi connectivity index (χ3v) is 5.68. The van der Waals surface area contributed by atoms with Gasteiger partial charge in [-0.15, -0.1) is 0 Å². The van der Waals surface area contributed by atoms with Crippen LogP contribution in [0.1, 0.15) is 49.1 Å². The first-order chi connectivity index (χ1) is 15.0. The molecule has 1 aromatic carbocycles. The number of guanidine groups is 1. The summed E-state index contributed by atoms with van der Waals surface area (Å²) in [5, 5.41) is 11.6. The molecule has 8 nitrogen and oxygen atoms in total. The van der Waals surface area contributed by atoms with Crippen LogP contribution in [0.2, 0.25) is 0 Å². The van der Waals surface area contributed by atoms with Crippen LogP contribution in [0.15, 0.2) is 29.3 Å². The van der Waals surface area contributed by atoms with E-state index in [-0.39, 0.29) is 12.1 Å². The standard InChI is InChI=1S/C23H37N7O/c1-6-17-8-10-18(11-9-17)20(29(3)4)14-25-23(24-7-2)26-19-12-13-22-27-21(16-31-5)28-30(22)15-19/h8-11,19-20H,6-7,12-16H2,1-5H3,(H2,24,25,26). The van der Waals surface area contributed by atoms with Gasteiger partial charge in [-0.2, -0.15) is 5.10 Å². The van der Waals surface area contributed by atoms with Gasteiger partial charge in [0.15, 0.2) is 11.8 Å². The Morgan fingerprint density at radius 1 is 1.29 bits per heavy atom. The van der Waals surface area contributed by atoms with Crippen LogP contribution in [0.3, 0.4) is 0 Å². The van der Waals surface area contributed by atoms with Crippen LogP contribution in [0.4, 0.5) is 0 Å². The van der Waals surface area contributed by atoms with E-state index in [0.717, 1.165) is 50.0 Å². The number of rotatable bonds is 9. The van der Waals surface area contributed by atoms with Gasteiger partial charge < -0.3 is 20.3 Å². The molecule has 8 heteroatoms. The van der Waals surface area contributed by atoms with Gasteiger partial charge in [-0.05, 0) is 45.0 Å². The largest absolute Gasteiger partial charge is 0.377 e. The first-order valence-electron chi connectivity index (χ1n) is 11.3. The normalized spacial score (nSPS) is 17.5. The van der Waals surface area contributed by atoms with Crippen molar-refractivity contribution >= 4 is 5.96 Å². The highest BCUT2D eigenvalue weighted by molar-refractivity contribution is 5.80. The number of hydrogen-bond acceptors (Lipinski definition) is 5. The van der Waals surface area contributed by atoms with Crippen molar-refractivity contribution in [3.05, 3.63) is 47.0 Å². The van der Waals surface area contributed by atoms with Crippen molar-refractivity contribution < 1.29 is 4.74 Å². The Labute approximate surface area is 186 Å². The number of ether oxygens (including phenoxy) is 1. The third-order valence-electron chi connectivity index (χ3n) is 5.68. The molecule has 0 saturated heterocycles. The molecular weight excluding hydrogens is 390 g/mol. The maximum absolute atomic E-state index is 5.16. The van der Waals surface area contributed by atoms with Crippen molar-refractivity contribution in [3.63, 3.8) is 0 Å². The van der Waals surface area contributed by atoms with E-state index in [0.29, 0.717) is 13.2 Å². The second-order valence-electron chi connectivity index (χ2n) is 8.23. The molecule has 1 aliphatic heterocycles. The summed E-state index contributed by atoms with van der Waals surface area (Å²) in [5.41, 5.74) is 2.65. The SMILES string of the molecule is CCNC(=NCC(c1ccc(CC)cc1)N(C)C)NC1CCc2nc(COC)nn2C1. The van der Waals surface area contributed by atoms with Crippen molar-refractivity contribution in [3.8, 4) is 0 Å². The molecule has 0 fully saturated rings. The lowest BCUT2D eigenvalue weighted by atomic mass is 10.0. The van der Waals surface area contributed by atoms with E-state index in [4.69, 9.17) is 9.73 Å². The summed E-state index contributed by atoms with van der Waals surface area (Å²) in [6.07, 6.45) is 2.96. The average molecular weight is 428 g/mol. The first kappa shape index (κ1) is 23.2. The van der Waals surface area contributed by atoms with Gasteiger partial charge in [-0.1, -0.05) is 31.2 Å². The zero-order valence-electron chi connectivity index (χ0n) is 19.6. The van der Waals surface area contributed by atoms with E-state index in [9.17, 15) is 0 Å². The van der Waals surface area contributed by atoms with Gasteiger partial charge in [0.05, 0.1) is 19.1 Å². The van der Waals surface area contributed by atoms with Gasteiger partial charge in [0.2, 0.25) is 0 Å². The van der Waals surface area contributed by atoms with Crippen LogP contribution in [-0.2, 0) is 30.7 Å². The molecule has 1 aromatic heterocycles.